The molecule has 18 heavy (non-hydrogen) atoms. The number of carbonyl (C=O) groups is 1. The molecule has 0 fully saturated rings. The van der Waals surface area contributed by atoms with Crippen molar-refractivity contribution in [2.45, 2.75) is 19.9 Å². The van der Waals surface area contributed by atoms with Crippen LogP contribution >= 0.6 is 11.6 Å². The van der Waals surface area contributed by atoms with Gasteiger partial charge in [0.1, 0.15) is 5.82 Å². The van der Waals surface area contributed by atoms with Crippen LogP contribution in [0, 0.1) is 0 Å². The third-order valence-electron chi connectivity index (χ3n) is 2.55. The quantitative estimate of drug-likeness (QED) is 0.922. The minimum Gasteiger partial charge on any atom is -0.311 e. The van der Waals surface area contributed by atoms with Gasteiger partial charge in [-0.15, -0.1) is 0 Å². The standard InChI is InChI=1S/C13H14ClN3O/c1-2-13(18)16-12-7-8-15-17(12)9-10-3-5-11(14)6-4-10/h3-8H,2,9H2,1H3,(H,16,18). The average Bonchev–Trinajstić information content (AvgIpc) is 2.79. The molecular weight excluding hydrogens is 250 g/mol. The van der Waals surface area contributed by atoms with Crippen molar-refractivity contribution in [3.8, 4) is 0 Å². The van der Waals surface area contributed by atoms with Gasteiger partial charge in [0.25, 0.3) is 0 Å². The maximum absolute atomic E-state index is 11.4. The Labute approximate surface area is 111 Å². The van der Waals surface area contributed by atoms with Crippen LogP contribution in [-0.4, -0.2) is 15.7 Å². The molecule has 1 aromatic carbocycles. The van der Waals surface area contributed by atoms with Gasteiger partial charge in [0.05, 0.1) is 12.7 Å². The molecule has 0 aliphatic carbocycles. The number of carbonyl (C=O) groups excluding carboxylic acids is 1. The van der Waals surface area contributed by atoms with Crippen molar-refractivity contribution in [1.82, 2.24) is 9.78 Å². The predicted octanol–water partition coefficient (Wildman–Crippen LogP) is 2.93. The molecule has 0 saturated heterocycles. The van der Waals surface area contributed by atoms with Crippen molar-refractivity contribution in [3.63, 3.8) is 0 Å². The predicted molar refractivity (Wildman–Crippen MR) is 71.7 cm³/mol. The highest BCUT2D eigenvalue weighted by molar-refractivity contribution is 6.30. The van der Waals surface area contributed by atoms with Crippen LogP contribution in [0.3, 0.4) is 0 Å². The van der Waals surface area contributed by atoms with Gasteiger partial charge in [0.2, 0.25) is 5.91 Å². The van der Waals surface area contributed by atoms with Crippen molar-refractivity contribution in [2.24, 2.45) is 0 Å². The van der Waals surface area contributed by atoms with E-state index in [9.17, 15) is 4.79 Å². The Hall–Kier alpha value is -1.81. The van der Waals surface area contributed by atoms with Crippen LogP contribution < -0.4 is 5.32 Å². The first-order chi connectivity index (χ1) is 8.69. The van der Waals surface area contributed by atoms with Gasteiger partial charge in [-0.3, -0.25) is 4.79 Å². The molecule has 0 atom stereocenters. The van der Waals surface area contributed by atoms with Crippen molar-refractivity contribution in [1.29, 1.82) is 0 Å². The minimum absolute atomic E-state index is 0.0205. The molecule has 0 bridgehead atoms. The molecule has 1 aromatic heterocycles. The van der Waals surface area contributed by atoms with E-state index in [4.69, 9.17) is 11.6 Å². The normalized spacial score (nSPS) is 10.3. The Morgan fingerprint density at radius 1 is 1.33 bits per heavy atom. The number of hydrogen-bond acceptors (Lipinski definition) is 2. The van der Waals surface area contributed by atoms with E-state index in [-0.39, 0.29) is 5.91 Å². The number of halogens is 1. The van der Waals surface area contributed by atoms with Gasteiger partial charge in [0.15, 0.2) is 0 Å². The number of hydrogen-bond donors (Lipinski definition) is 1. The molecule has 0 aliphatic heterocycles. The van der Waals surface area contributed by atoms with E-state index in [0.717, 1.165) is 5.56 Å². The molecule has 1 amide bonds. The highest BCUT2D eigenvalue weighted by Gasteiger charge is 2.06. The van der Waals surface area contributed by atoms with Crippen LogP contribution in [0.25, 0.3) is 0 Å². The monoisotopic (exact) mass is 263 g/mol. The molecular formula is C13H14ClN3O. The largest absolute Gasteiger partial charge is 0.311 e. The van der Waals surface area contributed by atoms with E-state index in [1.165, 1.54) is 0 Å². The highest BCUT2D eigenvalue weighted by Crippen LogP contribution is 2.13. The van der Waals surface area contributed by atoms with Crippen LogP contribution in [-0.2, 0) is 11.3 Å². The van der Waals surface area contributed by atoms with Crippen molar-refractivity contribution in [3.05, 3.63) is 47.1 Å². The number of anilines is 1. The summed E-state index contributed by atoms with van der Waals surface area (Å²) in [6.07, 6.45) is 2.12. The second kappa shape index (κ2) is 5.69. The molecule has 0 saturated carbocycles. The highest BCUT2D eigenvalue weighted by atomic mass is 35.5. The minimum atomic E-state index is -0.0205. The van der Waals surface area contributed by atoms with Gasteiger partial charge < -0.3 is 5.32 Å². The third kappa shape index (κ3) is 3.11. The van der Waals surface area contributed by atoms with E-state index >= 15 is 0 Å². The van der Waals surface area contributed by atoms with E-state index in [0.29, 0.717) is 23.8 Å². The first kappa shape index (κ1) is 12.6. The Morgan fingerprint density at radius 3 is 2.72 bits per heavy atom. The van der Waals surface area contributed by atoms with Crippen LogP contribution in [0.2, 0.25) is 5.02 Å². The summed E-state index contributed by atoms with van der Waals surface area (Å²) in [5.41, 5.74) is 1.08. The number of rotatable bonds is 4. The van der Waals surface area contributed by atoms with Gasteiger partial charge in [-0.1, -0.05) is 30.7 Å². The lowest BCUT2D eigenvalue weighted by molar-refractivity contribution is -0.115. The van der Waals surface area contributed by atoms with Crippen LogP contribution in [0.5, 0.6) is 0 Å². The number of amides is 1. The third-order valence-corrected chi connectivity index (χ3v) is 2.80. The van der Waals surface area contributed by atoms with E-state index < -0.39 is 0 Å². The Kier molecular flexibility index (Phi) is 3.99. The Morgan fingerprint density at radius 2 is 2.06 bits per heavy atom. The fourth-order valence-electron chi connectivity index (χ4n) is 1.56. The van der Waals surface area contributed by atoms with Crippen LogP contribution in [0.15, 0.2) is 36.5 Å². The molecule has 0 spiro atoms. The first-order valence-corrected chi connectivity index (χ1v) is 6.13. The number of nitrogens with zero attached hydrogens (tertiary/aromatic N) is 2. The zero-order valence-corrected chi connectivity index (χ0v) is 10.8. The zero-order valence-electron chi connectivity index (χ0n) is 10.1. The zero-order chi connectivity index (χ0) is 13.0. The lowest BCUT2D eigenvalue weighted by Crippen LogP contribution is -2.14. The second-order valence-corrected chi connectivity index (χ2v) is 4.34. The Bertz CT molecular complexity index is 533. The molecule has 2 aromatic rings. The molecule has 5 heteroatoms. The lowest BCUT2D eigenvalue weighted by atomic mass is 10.2. The van der Waals surface area contributed by atoms with Crippen LogP contribution in [0.1, 0.15) is 18.9 Å². The van der Waals surface area contributed by atoms with Crippen molar-refractivity contribution >= 4 is 23.3 Å². The lowest BCUT2D eigenvalue weighted by Gasteiger charge is -2.08. The molecule has 0 aliphatic rings. The molecule has 1 N–H and O–H groups in total. The summed E-state index contributed by atoms with van der Waals surface area (Å²) in [5, 5.41) is 7.70. The molecule has 0 radical (unpaired) electrons. The van der Waals surface area contributed by atoms with E-state index in [1.54, 1.807) is 16.9 Å². The van der Waals surface area contributed by atoms with E-state index in [1.807, 2.05) is 31.2 Å². The smallest absolute Gasteiger partial charge is 0.225 e. The maximum atomic E-state index is 11.4. The van der Waals surface area contributed by atoms with Gasteiger partial charge in [-0.2, -0.15) is 5.10 Å². The van der Waals surface area contributed by atoms with Crippen LogP contribution in [0.4, 0.5) is 5.82 Å². The maximum Gasteiger partial charge on any atom is 0.225 e. The van der Waals surface area contributed by atoms with Gasteiger partial charge in [0, 0.05) is 17.5 Å². The summed E-state index contributed by atoms with van der Waals surface area (Å²) in [6, 6.07) is 9.34. The topological polar surface area (TPSA) is 46.9 Å². The fraction of sp³-hybridized carbons (Fsp3) is 0.231. The molecule has 1 heterocycles. The van der Waals surface area contributed by atoms with E-state index in [2.05, 4.69) is 10.4 Å². The molecule has 0 unspecified atom stereocenters. The average molecular weight is 264 g/mol. The van der Waals surface area contributed by atoms with Gasteiger partial charge >= 0.3 is 0 Å². The summed E-state index contributed by atoms with van der Waals surface area (Å²) < 4.78 is 1.75. The summed E-state index contributed by atoms with van der Waals surface area (Å²) >= 11 is 5.83. The Balaban J connectivity index is 2.12. The van der Waals surface area contributed by atoms with Crippen molar-refractivity contribution in [2.75, 3.05) is 5.32 Å². The summed E-state index contributed by atoms with van der Waals surface area (Å²) in [5.74, 6) is 0.685. The SMILES string of the molecule is CCC(=O)Nc1ccnn1Cc1ccc(Cl)cc1. The summed E-state index contributed by atoms with van der Waals surface area (Å²) in [4.78, 5) is 11.4. The first-order valence-electron chi connectivity index (χ1n) is 5.75. The van der Waals surface area contributed by atoms with Crippen molar-refractivity contribution < 1.29 is 4.79 Å². The molecule has 94 valence electrons. The number of aromatic nitrogens is 2. The summed E-state index contributed by atoms with van der Waals surface area (Å²) in [7, 11) is 0. The summed E-state index contributed by atoms with van der Waals surface area (Å²) in [6.45, 7) is 2.42. The number of nitrogens with one attached hydrogen (secondary N) is 1. The molecule has 4 nitrogen and oxygen atoms in total. The van der Waals surface area contributed by atoms with Gasteiger partial charge in [-0.05, 0) is 17.7 Å². The van der Waals surface area contributed by atoms with Gasteiger partial charge in [-0.25, -0.2) is 4.68 Å². The number of benzene rings is 1. The fourth-order valence-corrected chi connectivity index (χ4v) is 1.68. The molecule has 2 rings (SSSR count). The second-order valence-electron chi connectivity index (χ2n) is 3.90.